The monoisotopic (exact) mass is 107 g/mol. The van der Waals surface area contributed by atoms with Crippen molar-refractivity contribution in [1.29, 1.82) is 0 Å². The molecule has 8 heavy (non-hydrogen) atoms. The lowest BCUT2D eigenvalue weighted by Gasteiger charge is -2.35. The lowest BCUT2D eigenvalue weighted by Crippen LogP contribution is -2.24. The minimum absolute atomic E-state index is 0.611. The summed E-state index contributed by atoms with van der Waals surface area (Å²) in [5.41, 5.74) is 0.611. The Morgan fingerprint density at radius 1 is 1.25 bits per heavy atom. The third-order valence-corrected chi connectivity index (χ3v) is 2.49. The first-order valence-electron chi connectivity index (χ1n) is 3.51. The summed E-state index contributed by atoms with van der Waals surface area (Å²) in [5.74, 6) is 0. The second-order valence-corrected chi connectivity index (χ2v) is 3.02. The molecule has 1 spiro atoms. The van der Waals surface area contributed by atoms with Crippen molar-refractivity contribution in [2.45, 2.75) is 32.1 Å². The molecule has 0 amide bonds. The molecule has 0 aromatic carbocycles. The molecule has 0 heteroatoms. The molecule has 1 saturated carbocycles. The molecular formula is C8H11. The highest BCUT2D eigenvalue weighted by atomic mass is 14.4. The fourth-order valence-electron chi connectivity index (χ4n) is 1.71. The molecule has 0 unspecified atom stereocenters. The zero-order valence-corrected chi connectivity index (χ0v) is 5.11. The fourth-order valence-corrected chi connectivity index (χ4v) is 1.71. The lowest BCUT2D eigenvalue weighted by atomic mass is 9.69. The Morgan fingerprint density at radius 3 is 2.38 bits per heavy atom. The Bertz CT molecular complexity index is 118. The van der Waals surface area contributed by atoms with Gasteiger partial charge >= 0.3 is 0 Å². The maximum atomic E-state index is 3.44. The van der Waals surface area contributed by atoms with E-state index in [1.54, 1.807) is 0 Å². The van der Waals surface area contributed by atoms with Crippen LogP contribution < -0.4 is 0 Å². The molecule has 0 aromatic heterocycles. The number of hydrogen-bond acceptors (Lipinski definition) is 0. The van der Waals surface area contributed by atoms with Gasteiger partial charge < -0.3 is 0 Å². The van der Waals surface area contributed by atoms with Crippen LogP contribution in [0.15, 0.2) is 6.08 Å². The zero-order valence-electron chi connectivity index (χ0n) is 5.11. The van der Waals surface area contributed by atoms with Crippen LogP contribution >= 0.6 is 0 Å². The molecule has 2 aliphatic carbocycles. The predicted molar refractivity (Wildman–Crippen MR) is 33.3 cm³/mol. The summed E-state index contributed by atoms with van der Waals surface area (Å²) in [6, 6.07) is 0. The molecule has 0 aliphatic heterocycles. The quantitative estimate of drug-likeness (QED) is 0.445. The third kappa shape index (κ3) is 0.460. The van der Waals surface area contributed by atoms with Crippen molar-refractivity contribution >= 4 is 0 Å². The van der Waals surface area contributed by atoms with Gasteiger partial charge in [-0.2, -0.15) is 0 Å². The summed E-state index contributed by atoms with van der Waals surface area (Å²) in [5, 5.41) is 0. The number of hydrogen-bond donors (Lipinski definition) is 0. The summed E-state index contributed by atoms with van der Waals surface area (Å²) in [6.07, 6.45) is 12.6. The van der Waals surface area contributed by atoms with Gasteiger partial charge in [0, 0.05) is 0 Å². The van der Waals surface area contributed by atoms with E-state index in [9.17, 15) is 0 Å². The molecule has 1 radical (unpaired) electrons. The van der Waals surface area contributed by atoms with Crippen LogP contribution in [0.25, 0.3) is 0 Å². The van der Waals surface area contributed by atoms with E-state index >= 15 is 0 Å². The van der Waals surface area contributed by atoms with Crippen LogP contribution in [0.2, 0.25) is 0 Å². The molecule has 0 saturated heterocycles. The first-order chi connectivity index (χ1) is 3.91. The highest BCUT2D eigenvalue weighted by Crippen LogP contribution is 2.48. The van der Waals surface area contributed by atoms with Crippen LogP contribution in [0, 0.1) is 11.5 Å². The van der Waals surface area contributed by atoms with Crippen LogP contribution in [0.4, 0.5) is 0 Å². The lowest BCUT2D eigenvalue weighted by molar-refractivity contribution is 0.192. The maximum absolute atomic E-state index is 3.44. The predicted octanol–water partition coefficient (Wildman–Crippen LogP) is 2.31. The smallest absolute Gasteiger partial charge is 0.00443 e. The van der Waals surface area contributed by atoms with Gasteiger partial charge in [0.25, 0.3) is 0 Å². The van der Waals surface area contributed by atoms with Crippen LogP contribution in [-0.4, -0.2) is 0 Å². The van der Waals surface area contributed by atoms with Crippen LogP contribution in [-0.2, 0) is 0 Å². The van der Waals surface area contributed by atoms with E-state index in [-0.39, 0.29) is 0 Å². The van der Waals surface area contributed by atoms with Gasteiger partial charge in [0.1, 0.15) is 0 Å². The van der Waals surface area contributed by atoms with Crippen molar-refractivity contribution in [1.82, 2.24) is 0 Å². The second kappa shape index (κ2) is 1.37. The molecule has 0 heterocycles. The van der Waals surface area contributed by atoms with Crippen molar-refractivity contribution in [2.75, 3.05) is 0 Å². The first-order valence-corrected chi connectivity index (χ1v) is 3.51. The van der Waals surface area contributed by atoms with Crippen LogP contribution in [0.3, 0.4) is 0 Å². The molecule has 1 fully saturated rings. The van der Waals surface area contributed by atoms with Gasteiger partial charge in [0.2, 0.25) is 0 Å². The largest absolute Gasteiger partial charge is 0.0804 e. The summed E-state index contributed by atoms with van der Waals surface area (Å²) in [7, 11) is 0. The molecule has 2 rings (SSSR count). The molecule has 0 N–H and O–H groups in total. The van der Waals surface area contributed by atoms with Crippen molar-refractivity contribution in [3.63, 3.8) is 0 Å². The maximum Gasteiger partial charge on any atom is -0.00443 e. The molecule has 0 atom stereocenters. The molecule has 0 bridgehead atoms. The molecule has 0 aromatic rings. The van der Waals surface area contributed by atoms with Gasteiger partial charge in [-0.25, -0.2) is 0 Å². The number of rotatable bonds is 0. The van der Waals surface area contributed by atoms with E-state index in [1.165, 1.54) is 32.1 Å². The number of allylic oxidation sites excluding steroid dienone is 2. The summed E-state index contributed by atoms with van der Waals surface area (Å²) in [6.45, 7) is 0. The highest BCUT2D eigenvalue weighted by molar-refractivity contribution is 5.04. The first kappa shape index (κ1) is 4.60. The van der Waals surface area contributed by atoms with Gasteiger partial charge in [0.05, 0.1) is 0 Å². The van der Waals surface area contributed by atoms with Gasteiger partial charge in [0.15, 0.2) is 0 Å². The van der Waals surface area contributed by atoms with E-state index in [0.29, 0.717) is 5.41 Å². The van der Waals surface area contributed by atoms with E-state index < -0.39 is 0 Å². The van der Waals surface area contributed by atoms with E-state index in [2.05, 4.69) is 12.2 Å². The Labute approximate surface area is 50.6 Å². The SMILES string of the molecule is [C]1=CCCC12CCC2. The summed E-state index contributed by atoms with van der Waals surface area (Å²) in [4.78, 5) is 0. The van der Waals surface area contributed by atoms with E-state index in [4.69, 9.17) is 0 Å². The van der Waals surface area contributed by atoms with Gasteiger partial charge in [-0.15, -0.1) is 0 Å². The third-order valence-electron chi connectivity index (χ3n) is 2.49. The topological polar surface area (TPSA) is 0 Å². The summed E-state index contributed by atoms with van der Waals surface area (Å²) >= 11 is 0. The van der Waals surface area contributed by atoms with Gasteiger partial charge in [-0.1, -0.05) is 12.5 Å². The van der Waals surface area contributed by atoms with Crippen molar-refractivity contribution in [3.05, 3.63) is 12.2 Å². The van der Waals surface area contributed by atoms with Crippen LogP contribution in [0.1, 0.15) is 32.1 Å². The second-order valence-electron chi connectivity index (χ2n) is 3.02. The average molecular weight is 107 g/mol. The Kier molecular flexibility index (Phi) is 0.787. The van der Waals surface area contributed by atoms with E-state index in [0.717, 1.165) is 0 Å². The molecule has 0 nitrogen and oxygen atoms in total. The summed E-state index contributed by atoms with van der Waals surface area (Å²) < 4.78 is 0. The minimum atomic E-state index is 0.611. The zero-order chi connectivity index (χ0) is 5.45. The highest BCUT2D eigenvalue weighted by Gasteiger charge is 2.35. The Morgan fingerprint density at radius 2 is 2.12 bits per heavy atom. The molecule has 2 aliphatic rings. The van der Waals surface area contributed by atoms with Crippen LogP contribution in [0.5, 0.6) is 0 Å². The normalized spacial score (nSPS) is 31.0. The molecule has 43 valence electrons. The van der Waals surface area contributed by atoms with Crippen molar-refractivity contribution in [3.8, 4) is 0 Å². The standard InChI is InChI=1S/C8H11/c1-2-5-8(4-1)6-3-7-8/h1H,2-3,5-7H2. The van der Waals surface area contributed by atoms with Crippen molar-refractivity contribution in [2.24, 2.45) is 5.41 Å². The Hall–Kier alpha value is -0.260. The minimum Gasteiger partial charge on any atom is -0.0804 e. The van der Waals surface area contributed by atoms with Gasteiger partial charge in [-0.05, 0) is 37.2 Å². The average Bonchev–Trinajstić information content (AvgIpc) is 2.07. The van der Waals surface area contributed by atoms with Gasteiger partial charge in [-0.3, -0.25) is 0 Å². The Balaban J connectivity index is 2.13. The van der Waals surface area contributed by atoms with E-state index in [1.807, 2.05) is 0 Å². The molecular weight excluding hydrogens is 96.1 g/mol. The van der Waals surface area contributed by atoms with Crippen molar-refractivity contribution < 1.29 is 0 Å². The fraction of sp³-hybridized carbons (Fsp3) is 0.750.